The number of terminal acetylenes is 1. The molecule has 2 N–H and O–H groups in total. The van der Waals surface area contributed by atoms with Crippen molar-refractivity contribution in [2.24, 2.45) is 0 Å². The monoisotopic (exact) mass is 280 g/mol. The number of alkyl halides is 3. The summed E-state index contributed by atoms with van der Waals surface area (Å²) in [6.07, 6.45) is -0.0830. The molecule has 2 amide bonds. The van der Waals surface area contributed by atoms with E-state index in [-0.39, 0.29) is 25.9 Å². The molecule has 0 saturated carbocycles. The highest BCUT2D eigenvalue weighted by Crippen LogP contribution is 2.21. The number of carbonyl (C=O) groups excluding carboxylic acids is 1. The smallest absolute Gasteiger partial charge is 0.389 e. The van der Waals surface area contributed by atoms with Gasteiger partial charge in [-0.2, -0.15) is 13.2 Å². The zero-order chi connectivity index (χ0) is 14.9. The first-order valence-corrected chi connectivity index (χ1v) is 5.51. The molecule has 0 radical (unpaired) electrons. The molecule has 0 aliphatic carbocycles. The highest BCUT2D eigenvalue weighted by Gasteiger charge is 2.25. The molecule has 0 unspecified atom stereocenters. The number of urea groups is 1. The van der Waals surface area contributed by atoms with Crippen molar-refractivity contribution in [1.82, 2.24) is 10.2 Å². The summed E-state index contributed by atoms with van der Waals surface area (Å²) in [5.41, 5.74) is 0. The Balaban J connectivity index is 3.94. The predicted octanol–water partition coefficient (Wildman–Crippen LogP) is 1.45. The van der Waals surface area contributed by atoms with Gasteiger partial charge in [0, 0.05) is 13.0 Å². The van der Waals surface area contributed by atoms with E-state index in [2.05, 4.69) is 11.2 Å². The van der Waals surface area contributed by atoms with Crippen LogP contribution in [0.2, 0.25) is 0 Å². The van der Waals surface area contributed by atoms with Gasteiger partial charge in [-0.15, -0.1) is 6.42 Å². The van der Waals surface area contributed by atoms with Crippen molar-refractivity contribution in [2.75, 3.05) is 19.6 Å². The molecule has 19 heavy (non-hydrogen) atoms. The van der Waals surface area contributed by atoms with Crippen LogP contribution in [0.5, 0.6) is 0 Å². The molecule has 5 nitrogen and oxygen atoms in total. The molecule has 0 aromatic rings. The Morgan fingerprint density at radius 3 is 2.42 bits per heavy atom. The highest BCUT2D eigenvalue weighted by molar-refractivity contribution is 5.80. The van der Waals surface area contributed by atoms with Crippen LogP contribution in [0.15, 0.2) is 0 Å². The van der Waals surface area contributed by atoms with Crippen LogP contribution in [0.25, 0.3) is 0 Å². The van der Waals surface area contributed by atoms with E-state index in [0.717, 1.165) is 4.90 Å². The van der Waals surface area contributed by atoms with Crippen molar-refractivity contribution in [2.45, 2.75) is 25.4 Å². The van der Waals surface area contributed by atoms with Gasteiger partial charge in [-0.05, 0) is 12.8 Å². The predicted molar refractivity (Wildman–Crippen MR) is 61.3 cm³/mol. The standard InChI is InChI=1S/C11H15F3N2O3/c1-2-7-16(8-9(17)18)10(19)15-6-4-3-5-11(12,13)14/h1H,3-8H2,(H,15,19)(H,17,18). The Bertz CT molecular complexity index is 350. The lowest BCUT2D eigenvalue weighted by Gasteiger charge is -2.18. The van der Waals surface area contributed by atoms with Crippen LogP contribution in [-0.2, 0) is 4.79 Å². The van der Waals surface area contributed by atoms with Gasteiger partial charge in [0.15, 0.2) is 0 Å². The lowest BCUT2D eigenvalue weighted by molar-refractivity contribution is -0.138. The van der Waals surface area contributed by atoms with Crippen LogP contribution in [0.3, 0.4) is 0 Å². The number of nitrogens with one attached hydrogen (secondary N) is 1. The summed E-state index contributed by atoms with van der Waals surface area (Å²) in [5.74, 6) is 0.909. The lowest BCUT2D eigenvalue weighted by Crippen LogP contribution is -2.43. The first kappa shape index (κ1) is 17.1. The number of halogens is 3. The maximum Gasteiger partial charge on any atom is 0.389 e. The number of hydrogen-bond acceptors (Lipinski definition) is 2. The zero-order valence-corrected chi connectivity index (χ0v) is 10.2. The van der Waals surface area contributed by atoms with Crippen molar-refractivity contribution in [1.29, 1.82) is 0 Å². The van der Waals surface area contributed by atoms with E-state index in [1.165, 1.54) is 0 Å². The molecule has 0 aromatic carbocycles. The molecule has 0 spiro atoms. The van der Waals surface area contributed by atoms with Crippen LogP contribution < -0.4 is 5.32 Å². The molecule has 0 fully saturated rings. The third-order valence-corrected chi connectivity index (χ3v) is 2.06. The Kier molecular flexibility index (Phi) is 7.41. The number of unbranched alkanes of at least 4 members (excludes halogenated alkanes) is 1. The summed E-state index contributed by atoms with van der Waals surface area (Å²) in [4.78, 5) is 22.8. The van der Waals surface area contributed by atoms with Crippen LogP contribution in [0, 0.1) is 12.3 Å². The molecule has 0 bridgehead atoms. The van der Waals surface area contributed by atoms with E-state index < -0.39 is 31.1 Å². The number of carboxylic acid groups (broad SMARTS) is 1. The first-order chi connectivity index (χ1) is 8.76. The number of rotatable bonds is 7. The van der Waals surface area contributed by atoms with Gasteiger partial charge in [-0.3, -0.25) is 4.79 Å². The van der Waals surface area contributed by atoms with Gasteiger partial charge in [0.1, 0.15) is 6.54 Å². The Morgan fingerprint density at radius 1 is 1.32 bits per heavy atom. The molecule has 108 valence electrons. The number of hydrogen-bond donors (Lipinski definition) is 2. The summed E-state index contributed by atoms with van der Waals surface area (Å²) in [6, 6.07) is -0.702. The fraction of sp³-hybridized carbons (Fsp3) is 0.636. The molecule has 0 atom stereocenters. The van der Waals surface area contributed by atoms with E-state index in [4.69, 9.17) is 11.5 Å². The van der Waals surface area contributed by atoms with E-state index >= 15 is 0 Å². The molecule has 0 rings (SSSR count). The molecule has 0 aliphatic rings. The number of amides is 2. The van der Waals surface area contributed by atoms with E-state index in [9.17, 15) is 22.8 Å². The van der Waals surface area contributed by atoms with Crippen LogP contribution in [0.1, 0.15) is 19.3 Å². The van der Waals surface area contributed by atoms with E-state index in [1.54, 1.807) is 0 Å². The molecule has 0 aliphatic heterocycles. The SMILES string of the molecule is C#CCN(CC(=O)O)C(=O)NCCCCC(F)(F)F. The van der Waals surface area contributed by atoms with Gasteiger partial charge in [-0.1, -0.05) is 5.92 Å². The van der Waals surface area contributed by atoms with E-state index in [1.807, 2.05) is 0 Å². The minimum absolute atomic E-state index is 0.0373. The second kappa shape index (κ2) is 8.24. The molecular formula is C11H15F3N2O3. The van der Waals surface area contributed by atoms with Crippen molar-refractivity contribution in [3.8, 4) is 12.3 Å². The second-order valence-electron chi connectivity index (χ2n) is 3.76. The van der Waals surface area contributed by atoms with Crippen molar-refractivity contribution in [3.63, 3.8) is 0 Å². The summed E-state index contributed by atoms with van der Waals surface area (Å²) in [5, 5.41) is 10.9. The zero-order valence-electron chi connectivity index (χ0n) is 10.2. The number of aliphatic carboxylic acids is 1. The fourth-order valence-electron chi connectivity index (χ4n) is 1.23. The van der Waals surface area contributed by atoms with Crippen LogP contribution in [0.4, 0.5) is 18.0 Å². The third-order valence-electron chi connectivity index (χ3n) is 2.06. The quantitative estimate of drug-likeness (QED) is 0.548. The lowest BCUT2D eigenvalue weighted by atomic mass is 10.2. The van der Waals surface area contributed by atoms with E-state index in [0.29, 0.717) is 0 Å². The summed E-state index contributed by atoms with van der Waals surface area (Å²) < 4.78 is 35.5. The van der Waals surface area contributed by atoms with Gasteiger partial charge < -0.3 is 15.3 Å². The Labute approximate surface area is 108 Å². The normalized spacial score (nSPS) is 10.6. The number of carbonyl (C=O) groups is 2. The average molecular weight is 280 g/mol. The Hall–Kier alpha value is -1.91. The van der Waals surface area contributed by atoms with Gasteiger partial charge in [0.2, 0.25) is 0 Å². The molecule has 0 aromatic heterocycles. The van der Waals surface area contributed by atoms with Crippen molar-refractivity contribution < 1.29 is 27.9 Å². The number of nitrogens with zero attached hydrogens (tertiary/aromatic N) is 1. The maximum atomic E-state index is 11.8. The summed E-state index contributed by atoms with van der Waals surface area (Å²) in [6.45, 7) is -0.700. The largest absolute Gasteiger partial charge is 0.480 e. The topological polar surface area (TPSA) is 69.6 Å². The van der Waals surface area contributed by atoms with Crippen LogP contribution >= 0.6 is 0 Å². The number of carboxylic acids is 1. The van der Waals surface area contributed by atoms with Crippen molar-refractivity contribution >= 4 is 12.0 Å². The molecule has 8 heteroatoms. The van der Waals surface area contributed by atoms with Crippen LogP contribution in [-0.4, -0.2) is 47.8 Å². The minimum atomic E-state index is -4.21. The minimum Gasteiger partial charge on any atom is -0.480 e. The Morgan fingerprint density at radius 2 is 1.95 bits per heavy atom. The molecular weight excluding hydrogens is 265 g/mol. The van der Waals surface area contributed by atoms with Crippen molar-refractivity contribution in [3.05, 3.63) is 0 Å². The fourth-order valence-corrected chi connectivity index (χ4v) is 1.23. The average Bonchev–Trinajstić information content (AvgIpc) is 2.25. The first-order valence-electron chi connectivity index (χ1n) is 5.51. The summed E-state index contributed by atoms with van der Waals surface area (Å²) in [7, 11) is 0. The van der Waals surface area contributed by atoms with Gasteiger partial charge in [0.05, 0.1) is 6.54 Å². The second-order valence-corrected chi connectivity index (χ2v) is 3.76. The molecule has 0 saturated heterocycles. The third kappa shape index (κ3) is 9.76. The van der Waals surface area contributed by atoms with Gasteiger partial charge in [-0.25, -0.2) is 4.79 Å². The van der Waals surface area contributed by atoms with Gasteiger partial charge in [0.25, 0.3) is 0 Å². The maximum absolute atomic E-state index is 11.8. The van der Waals surface area contributed by atoms with Gasteiger partial charge >= 0.3 is 18.2 Å². The summed E-state index contributed by atoms with van der Waals surface area (Å²) >= 11 is 0. The highest BCUT2D eigenvalue weighted by atomic mass is 19.4. The molecule has 0 heterocycles.